The molecule has 1 aromatic heterocycles. The minimum atomic E-state index is 1.10. The molecule has 308 valence electrons. The average Bonchev–Trinajstić information content (AvgIpc) is 3.76. The first-order valence-electron chi connectivity index (χ1n) is 22.7. The third-order valence-electron chi connectivity index (χ3n) is 13.4. The van der Waals surface area contributed by atoms with Crippen LogP contribution in [0.4, 0.5) is 17.1 Å². The van der Waals surface area contributed by atoms with Crippen LogP contribution in [0.3, 0.4) is 0 Å². The third kappa shape index (κ3) is 6.45. The van der Waals surface area contributed by atoms with E-state index in [1.165, 1.54) is 108 Å². The summed E-state index contributed by atoms with van der Waals surface area (Å²) in [6.45, 7) is 0. The molecule has 13 rings (SSSR count). The van der Waals surface area contributed by atoms with E-state index in [1.54, 1.807) is 0 Å². The molecule has 66 heavy (non-hydrogen) atoms. The predicted molar refractivity (Wildman–Crippen MR) is 286 cm³/mol. The summed E-state index contributed by atoms with van der Waals surface area (Å²) in [5, 5.41) is 12.5. The zero-order chi connectivity index (χ0) is 43.6. The quantitative estimate of drug-likeness (QED) is 0.144. The Morgan fingerprint density at radius 3 is 1.64 bits per heavy atom. The Hall–Kier alpha value is -8.30. The van der Waals surface area contributed by atoms with Crippen LogP contribution >= 0.6 is 11.3 Å². The molecule has 0 fully saturated rings. The van der Waals surface area contributed by atoms with Crippen LogP contribution in [0, 0.1) is 0 Å². The lowest BCUT2D eigenvalue weighted by Crippen LogP contribution is -2.10. The summed E-state index contributed by atoms with van der Waals surface area (Å²) in [5.41, 5.74) is 13.0. The molecule has 1 heterocycles. The molecule has 0 aliphatic heterocycles. The first kappa shape index (κ1) is 38.2. The van der Waals surface area contributed by atoms with Crippen molar-refractivity contribution in [2.24, 2.45) is 0 Å². The highest BCUT2D eigenvalue weighted by atomic mass is 32.1. The van der Waals surface area contributed by atoms with Gasteiger partial charge in [-0.25, -0.2) is 0 Å². The van der Waals surface area contributed by atoms with Crippen molar-refractivity contribution in [3.8, 4) is 44.5 Å². The number of rotatable bonds is 7. The van der Waals surface area contributed by atoms with Gasteiger partial charge >= 0.3 is 0 Å². The van der Waals surface area contributed by atoms with E-state index in [-0.39, 0.29) is 0 Å². The van der Waals surface area contributed by atoms with Crippen molar-refractivity contribution in [3.05, 3.63) is 249 Å². The van der Waals surface area contributed by atoms with E-state index in [0.29, 0.717) is 0 Å². The van der Waals surface area contributed by atoms with E-state index in [0.717, 1.165) is 17.1 Å². The molecule has 0 bridgehead atoms. The topological polar surface area (TPSA) is 3.24 Å². The number of fused-ring (bicyclic) bond motifs is 8. The van der Waals surface area contributed by atoms with Gasteiger partial charge in [0.15, 0.2) is 0 Å². The Morgan fingerprint density at radius 1 is 0.258 bits per heavy atom. The van der Waals surface area contributed by atoms with Crippen LogP contribution in [0.1, 0.15) is 0 Å². The van der Waals surface area contributed by atoms with Crippen molar-refractivity contribution in [1.29, 1.82) is 0 Å². The molecule has 0 spiro atoms. The monoisotopic (exact) mass is 855 g/mol. The normalized spacial score (nSPS) is 11.6. The molecule has 0 aliphatic rings. The van der Waals surface area contributed by atoms with E-state index >= 15 is 0 Å². The van der Waals surface area contributed by atoms with Crippen molar-refractivity contribution in [3.63, 3.8) is 0 Å². The maximum Gasteiger partial charge on any atom is 0.0554 e. The van der Waals surface area contributed by atoms with E-state index in [1.807, 2.05) is 11.3 Å². The van der Waals surface area contributed by atoms with Gasteiger partial charge in [-0.2, -0.15) is 0 Å². The molecule has 12 aromatic carbocycles. The van der Waals surface area contributed by atoms with Gasteiger partial charge in [-0.05, 0) is 142 Å². The molecule has 0 atom stereocenters. The van der Waals surface area contributed by atoms with Crippen molar-refractivity contribution in [2.75, 3.05) is 4.90 Å². The van der Waals surface area contributed by atoms with Crippen molar-refractivity contribution < 1.29 is 0 Å². The Balaban J connectivity index is 1.05. The average molecular weight is 856 g/mol. The Kier molecular flexibility index (Phi) is 9.11. The van der Waals surface area contributed by atoms with Gasteiger partial charge in [-0.1, -0.05) is 194 Å². The number of thiophene rings is 1. The summed E-state index contributed by atoms with van der Waals surface area (Å²) in [5.74, 6) is 0. The second-order valence-electron chi connectivity index (χ2n) is 17.2. The summed E-state index contributed by atoms with van der Waals surface area (Å²) in [6, 6.07) is 91.7. The van der Waals surface area contributed by atoms with Gasteiger partial charge in [0, 0.05) is 31.5 Å². The molecule has 0 unspecified atom stereocenters. The van der Waals surface area contributed by atoms with E-state index in [4.69, 9.17) is 0 Å². The van der Waals surface area contributed by atoms with Gasteiger partial charge in [-0.3, -0.25) is 0 Å². The van der Waals surface area contributed by atoms with Gasteiger partial charge in [0.2, 0.25) is 0 Å². The molecule has 2 heteroatoms. The lowest BCUT2D eigenvalue weighted by Gasteiger charge is -2.28. The van der Waals surface area contributed by atoms with Crippen LogP contribution in [0.5, 0.6) is 0 Å². The van der Waals surface area contributed by atoms with Gasteiger partial charge in [0.05, 0.1) is 5.69 Å². The summed E-state index contributed by atoms with van der Waals surface area (Å²) >= 11 is 1.87. The minimum absolute atomic E-state index is 1.10. The van der Waals surface area contributed by atoms with Gasteiger partial charge in [0.25, 0.3) is 0 Å². The molecule has 0 N–H and O–H groups in total. The van der Waals surface area contributed by atoms with Gasteiger partial charge in [0.1, 0.15) is 0 Å². The Bertz CT molecular complexity index is 3980. The standard InChI is InChI=1S/C64H41NS/c1-3-15-42(16-4-1)43-29-31-45(32-30-43)58-41-51(34-35-53(58)44-17-5-2-6-18-44)65(61-27-14-28-62-64(61)60-38-46-19-7-8-20-47(46)40-63(60)66-62)50-33-36-54-48(37-50)22-13-26-56(54)59-39-49-21-9-10-23-52(49)55-24-11-12-25-57(55)59/h1-41H. The highest BCUT2D eigenvalue weighted by Gasteiger charge is 2.22. The number of nitrogens with zero attached hydrogens (tertiary/aromatic N) is 1. The van der Waals surface area contributed by atoms with Crippen LogP contribution in [-0.4, -0.2) is 0 Å². The second kappa shape index (κ2) is 15.7. The molecular weight excluding hydrogens is 815 g/mol. The molecule has 13 aromatic rings. The SMILES string of the molecule is c1ccc(-c2ccc(-c3cc(N(c4ccc5c(-c6cc7ccccc7c7ccccc67)cccc5c4)c4cccc5sc6cc7ccccc7cc6c45)ccc3-c3ccccc3)cc2)cc1. The number of hydrogen-bond donors (Lipinski definition) is 0. The fourth-order valence-corrected chi connectivity index (χ4v) is 11.4. The summed E-state index contributed by atoms with van der Waals surface area (Å²) in [6.07, 6.45) is 0. The lowest BCUT2D eigenvalue weighted by atomic mass is 9.90. The van der Waals surface area contributed by atoms with Gasteiger partial charge < -0.3 is 4.90 Å². The number of benzene rings is 12. The molecule has 0 saturated heterocycles. The Morgan fingerprint density at radius 2 is 0.833 bits per heavy atom. The summed E-state index contributed by atoms with van der Waals surface area (Å²) < 4.78 is 2.56. The summed E-state index contributed by atoms with van der Waals surface area (Å²) in [4.78, 5) is 2.50. The molecule has 0 radical (unpaired) electrons. The van der Waals surface area contributed by atoms with Gasteiger partial charge in [-0.15, -0.1) is 11.3 Å². The van der Waals surface area contributed by atoms with Crippen LogP contribution in [0.25, 0.3) is 108 Å². The zero-order valence-corrected chi connectivity index (χ0v) is 36.8. The maximum atomic E-state index is 2.50. The Labute approximate surface area is 387 Å². The molecular formula is C64H41NS. The second-order valence-corrected chi connectivity index (χ2v) is 18.3. The van der Waals surface area contributed by atoms with Crippen LogP contribution in [0.2, 0.25) is 0 Å². The van der Waals surface area contributed by atoms with E-state index in [2.05, 4.69) is 254 Å². The van der Waals surface area contributed by atoms with Crippen LogP contribution < -0.4 is 4.90 Å². The fraction of sp³-hybridized carbons (Fsp3) is 0. The van der Waals surface area contributed by atoms with E-state index in [9.17, 15) is 0 Å². The lowest BCUT2D eigenvalue weighted by molar-refractivity contribution is 1.31. The number of hydrogen-bond acceptors (Lipinski definition) is 2. The maximum absolute atomic E-state index is 2.50. The molecule has 1 nitrogen and oxygen atoms in total. The van der Waals surface area contributed by atoms with Crippen molar-refractivity contribution in [1.82, 2.24) is 0 Å². The predicted octanol–water partition coefficient (Wildman–Crippen LogP) is 18.8. The molecule has 0 saturated carbocycles. The molecule has 0 aliphatic carbocycles. The van der Waals surface area contributed by atoms with Crippen molar-refractivity contribution >= 4 is 91.7 Å². The largest absolute Gasteiger partial charge is 0.310 e. The first-order chi connectivity index (χ1) is 32.7. The van der Waals surface area contributed by atoms with E-state index < -0.39 is 0 Å². The zero-order valence-electron chi connectivity index (χ0n) is 36.0. The smallest absolute Gasteiger partial charge is 0.0554 e. The third-order valence-corrected chi connectivity index (χ3v) is 14.5. The number of anilines is 3. The minimum Gasteiger partial charge on any atom is -0.310 e. The van der Waals surface area contributed by atoms with Crippen LogP contribution in [0.15, 0.2) is 249 Å². The first-order valence-corrected chi connectivity index (χ1v) is 23.5. The van der Waals surface area contributed by atoms with Crippen LogP contribution in [-0.2, 0) is 0 Å². The molecule has 0 amide bonds. The highest BCUT2D eigenvalue weighted by molar-refractivity contribution is 7.26. The fourth-order valence-electron chi connectivity index (χ4n) is 10.3. The van der Waals surface area contributed by atoms with Crippen molar-refractivity contribution in [2.45, 2.75) is 0 Å². The highest BCUT2D eigenvalue weighted by Crippen LogP contribution is 2.48. The summed E-state index contributed by atoms with van der Waals surface area (Å²) in [7, 11) is 0.